The number of rotatable bonds is 6. The topological polar surface area (TPSA) is 104 Å². The summed E-state index contributed by atoms with van der Waals surface area (Å²) in [6.07, 6.45) is 1.41. The highest BCUT2D eigenvalue weighted by molar-refractivity contribution is 7.91. The van der Waals surface area contributed by atoms with Crippen LogP contribution in [-0.4, -0.2) is 72.7 Å². The second kappa shape index (κ2) is 7.54. The Hall–Kier alpha value is -2.42. The number of carbonyl (C=O) groups excluding carboxylic acids is 3. The van der Waals surface area contributed by atoms with Crippen LogP contribution in [0.2, 0.25) is 0 Å². The van der Waals surface area contributed by atoms with Crippen molar-refractivity contribution >= 4 is 27.7 Å². The van der Waals surface area contributed by atoms with Crippen LogP contribution in [0.15, 0.2) is 30.3 Å². The highest BCUT2D eigenvalue weighted by atomic mass is 32.2. The van der Waals surface area contributed by atoms with E-state index in [4.69, 9.17) is 0 Å². The molecule has 2 aliphatic heterocycles. The second-order valence-corrected chi connectivity index (χ2v) is 9.93. The first-order valence-electron chi connectivity index (χ1n) is 9.25. The van der Waals surface area contributed by atoms with E-state index in [2.05, 4.69) is 5.32 Å². The number of hydrogen-bond donors (Lipinski definition) is 1. The third kappa shape index (κ3) is 4.19. The summed E-state index contributed by atoms with van der Waals surface area (Å²) in [5.74, 6) is -0.910. The summed E-state index contributed by atoms with van der Waals surface area (Å²) in [7, 11) is -1.61. The zero-order chi connectivity index (χ0) is 20.5. The van der Waals surface area contributed by atoms with E-state index in [0.29, 0.717) is 19.3 Å². The van der Waals surface area contributed by atoms with Gasteiger partial charge < -0.3 is 10.2 Å². The standard InChI is InChI=1S/C19H25N3O5S/c1-19(10-8-14-6-4-3-5-7-14)17(24)22(18(25)20-19)12-16(23)21(2)15-9-11-28(26,27)13-15/h3-7,15H,8-13H2,1-2H3,(H,20,25)/t15-,19+/m0/s1. The van der Waals surface area contributed by atoms with E-state index in [0.717, 1.165) is 10.5 Å². The van der Waals surface area contributed by atoms with Gasteiger partial charge in [-0.05, 0) is 31.7 Å². The molecule has 0 aliphatic carbocycles. The van der Waals surface area contributed by atoms with E-state index < -0.39 is 45.8 Å². The van der Waals surface area contributed by atoms with Crippen LogP contribution in [0.25, 0.3) is 0 Å². The number of amides is 4. The van der Waals surface area contributed by atoms with Crippen LogP contribution in [0.4, 0.5) is 4.79 Å². The third-order valence-corrected chi connectivity index (χ3v) is 7.29. The first-order chi connectivity index (χ1) is 13.1. The second-order valence-electron chi connectivity index (χ2n) is 7.70. The molecule has 2 atom stereocenters. The van der Waals surface area contributed by atoms with E-state index in [1.165, 1.54) is 11.9 Å². The van der Waals surface area contributed by atoms with Gasteiger partial charge in [0.2, 0.25) is 5.91 Å². The van der Waals surface area contributed by atoms with Crippen molar-refractivity contribution in [3.05, 3.63) is 35.9 Å². The quantitative estimate of drug-likeness (QED) is 0.695. The van der Waals surface area contributed by atoms with E-state index in [-0.39, 0.29) is 11.5 Å². The van der Waals surface area contributed by atoms with Gasteiger partial charge in [0.25, 0.3) is 5.91 Å². The van der Waals surface area contributed by atoms with Crippen LogP contribution in [0.5, 0.6) is 0 Å². The van der Waals surface area contributed by atoms with Gasteiger partial charge in [-0.25, -0.2) is 13.2 Å². The van der Waals surface area contributed by atoms with E-state index in [1.54, 1.807) is 6.92 Å². The van der Waals surface area contributed by atoms with Crippen LogP contribution < -0.4 is 5.32 Å². The first kappa shape index (κ1) is 20.3. The highest BCUT2D eigenvalue weighted by Crippen LogP contribution is 2.24. The van der Waals surface area contributed by atoms with Crippen molar-refractivity contribution in [2.45, 2.75) is 37.8 Å². The van der Waals surface area contributed by atoms with Crippen LogP contribution in [0.1, 0.15) is 25.3 Å². The predicted molar refractivity (Wildman–Crippen MR) is 103 cm³/mol. The molecule has 0 unspecified atom stereocenters. The lowest BCUT2D eigenvalue weighted by Crippen LogP contribution is -2.47. The molecule has 4 amide bonds. The van der Waals surface area contributed by atoms with Crippen LogP contribution in [0, 0.1) is 0 Å². The molecule has 2 saturated heterocycles. The van der Waals surface area contributed by atoms with Gasteiger partial charge >= 0.3 is 6.03 Å². The van der Waals surface area contributed by atoms with Gasteiger partial charge in [0.15, 0.2) is 9.84 Å². The molecular formula is C19H25N3O5S. The summed E-state index contributed by atoms with van der Waals surface area (Å²) in [5.41, 5.74) is -0.00914. The lowest BCUT2D eigenvalue weighted by Gasteiger charge is -2.26. The largest absolute Gasteiger partial charge is 0.340 e. The van der Waals surface area contributed by atoms with Crippen molar-refractivity contribution in [1.82, 2.24) is 15.1 Å². The number of aryl methyl sites for hydroxylation is 1. The third-order valence-electron chi connectivity index (χ3n) is 5.54. The van der Waals surface area contributed by atoms with Crippen molar-refractivity contribution in [3.63, 3.8) is 0 Å². The monoisotopic (exact) mass is 407 g/mol. The maximum absolute atomic E-state index is 12.8. The number of hydrogen-bond acceptors (Lipinski definition) is 5. The van der Waals surface area contributed by atoms with Crippen molar-refractivity contribution in [2.24, 2.45) is 0 Å². The molecule has 8 nitrogen and oxygen atoms in total. The van der Waals surface area contributed by atoms with Gasteiger partial charge in [-0.15, -0.1) is 0 Å². The molecule has 2 heterocycles. The number of nitrogens with one attached hydrogen (secondary N) is 1. The summed E-state index contributed by atoms with van der Waals surface area (Å²) in [5, 5.41) is 2.70. The highest BCUT2D eigenvalue weighted by Gasteiger charge is 2.48. The zero-order valence-electron chi connectivity index (χ0n) is 16.1. The molecule has 9 heteroatoms. The van der Waals surface area contributed by atoms with Crippen molar-refractivity contribution < 1.29 is 22.8 Å². The number of imide groups is 1. The molecular weight excluding hydrogens is 382 g/mol. The molecule has 0 bridgehead atoms. The minimum atomic E-state index is -3.13. The summed E-state index contributed by atoms with van der Waals surface area (Å²) >= 11 is 0. The molecule has 2 aliphatic rings. The fraction of sp³-hybridized carbons (Fsp3) is 0.526. The fourth-order valence-electron chi connectivity index (χ4n) is 3.63. The molecule has 1 aromatic carbocycles. The average Bonchev–Trinajstić information content (AvgIpc) is 3.12. The van der Waals surface area contributed by atoms with Crippen molar-refractivity contribution in [2.75, 3.05) is 25.1 Å². The minimum Gasteiger partial charge on any atom is -0.340 e. The number of likely N-dealkylation sites (N-methyl/N-ethyl adjacent to an activating group) is 1. The zero-order valence-corrected chi connectivity index (χ0v) is 16.9. The number of sulfone groups is 1. The molecule has 1 N–H and O–H groups in total. The van der Waals surface area contributed by atoms with Crippen LogP contribution >= 0.6 is 0 Å². The Kier molecular flexibility index (Phi) is 5.47. The summed E-state index contributed by atoms with van der Waals surface area (Å²) in [6.45, 7) is 1.27. The van der Waals surface area contributed by atoms with E-state index in [9.17, 15) is 22.8 Å². The Morgan fingerprint density at radius 2 is 1.96 bits per heavy atom. The Morgan fingerprint density at radius 1 is 1.29 bits per heavy atom. The van der Waals surface area contributed by atoms with Crippen LogP contribution in [0.3, 0.4) is 0 Å². The van der Waals surface area contributed by atoms with Crippen molar-refractivity contribution in [3.8, 4) is 0 Å². The maximum atomic E-state index is 12.8. The fourth-order valence-corrected chi connectivity index (χ4v) is 5.40. The predicted octanol–water partition coefficient (Wildman–Crippen LogP) is 0.575. The lowest BCUT2D eigenvalue weighted by molar-refractivity contribution is -0.139. The molecule has 152 valence electrons. The SMILES string of the molecule is CN(C(=O)CN1C(=O)N[C@](C)(CCc2ccccc2)C1=O)[C@H]1CCS(=O)(=O)C1. The number of urea groups is 1. The maximum Gasteiger partial charge on any atom is 0.325 e. The Labute approximate surface area is 164 Å². The number of carbonyl (C=O) groups is 3. The number of benzene rings is 1. The van der Waals surface area contributed by atoms with Gasteiger partial charge in [0.1, 0.15) is 12.1 Å². The molecule has 28 heavy (non-hydrogen) atoms. The van der Waals surface area contributed by atoms with Crippen LogP contribution in [-0.2, 0) is 25.8 Å². The molecule has 0 saturated carbocycles. The van der Waals surface area contributed by atoms with Gasteiger partial charge in [-0.1, -0.05) is 30.3 Å². The Balaban J connectivity index is 1.62. The molecule has 3 rings (SSSR count). The normalized spacial score (nSPS) is 26.4. The van der Waals surface area contributed by atoms with Crippen molar-refractivity contribution in [1.29, 1.82) is 0 Å². The van der Waals surface area contributed by atoms with E-state index in [1.807, 2.05) is 30.3 Å². The van der Waals surface area contributed by atoms with Gasteiger partial charge in [0, 0.05) is 13.1 Å². The molecule has 0 radical (unpaired) electrons. The molecule has 2 fully saturated rings. The van der Waals surface area contributed by atoms with Gasteiger partial charge in [-0.3, -0.25) is 14.5 Å². The first-order valence-corrected chi connectivity index (χ1v) is 11.1. The minimum absolute atomic E-state index is 0.0516. The summed E-state index contributed by atoms with van der Waals surface area (Å²) in [6, 6.07) is 8.64. The lowest BCUT2D eigenvalue weighted by atomic mass is 9.93. The molecule has 1 aromatic rings. The summed E-state index contributed by atoms with van der Waals surface area (Å²) in [4.78, 5) is 39.9. The summed E-state index contributed by atoms with van der Waals surface area (Å²) < 4.78 is 23.2. The molecule has 0 spiro atoms. The smallest absolute Gasteiger partial charge is 0.325 e. The van der Waals surface area contributed by atoms with E-state index >= 15 is 0 Å². The Bertz CT molecular complexity index is 886. The van der Waals surface area contributed by atoms with Gasteiger partial charge in [-0.2, -0.15) is 0 Å². The number of nitrogens with zero attached hydrogens (tertiary/aromatic N) is 2. The average molecular weight is 407 g/mol. The van der Waals surface area contributed by atoms with Gasteiger partial charge in [0.05, 0.1) is 11.5 Å². The Morgan fingerprint density at radius 3 is 2.57 bits per heavy atom. The molecule has 0 aromatic heterocycles.